The predicted octanol–water partition coefficient (Wildman–Crippen LogP) is 5.05. The molecular weight excluding hydrogens is 389 g/mol. The van der Waals surface area contributed by atoms with E-state index in [9.17, 15) is 19.1 Å². The maximum atomic E-state index is 13.4. The number of ether oxygens (including phenoxy) is 1. The number of hydrogen-bond acceptors (Lipinski definition) is 5. The highest BCUT2D eigenvalue weighted by molar-refractivity contribution is 6.31. The molecule has 2 N–H and O–H groups in total. The van der Waals surface area contributed by atoms with Gasteiger partial charge in [0.2, 0.25) is 0 Å². The van der Waals surface area contributed by atoms with Crippen LogP contribution >= 0.6 is 11.6 Å². The number of rotatable bonds is 3. The number of halogens is 2. The molecule has 28 heavy (non-hydrogen) atoms. The van der Waals surface area contributed by atoms with Crippen LogP contribution in [-0.2, 0) is 4.74 Å². The summed E-state index contributed by atoms with van der Waals surface area (Å²) < 4.78 is 19.6. The second-order valence-electron chi connectivity index (χ2n) is 7.02. The molecule has 1 aromatic carbocycles. The quantitative estimate of drug-likeness (QED) is 0.633. The number of anilines is 2. The highest BCUT2D eigenvalue weighted by atomic mass is 35.5. The van der Waals surface area contributed by atoms with Crippen LogP contribution in [-0.4, -0.2) is 32.3 Å². The number of carboxylic acids is 1. The normalized spacial score (nSPS) is 11.5. The zero-order valence-corrected chi connectivity index (χ0v) is 16.0. The van der Waals surface area contributed by atoms with Crippen molar-refractivity contribution < 1.29 is 23.8 Å². The molecule has 0 saturated carbocycles. The van der Waals surface area contributed by atoms with Gasteiger partial charge in [0.25, 0.3) is 0 Å². The molecule has 0 aliphatic carbocycles. The van der Waals surface area contributed by atoms with E-state index in [2.05, 4.69) is 10.3 Å². The van der Waals surface area contributed by atoms with Crippen LogP contribution in [0.2, 0.25) is 5.02 Å². The zero-order valence-electron chi connectivity index (χ0n) is 15.3. The fourth-order valence-electron chi connectivity index (χ4n) is 2.61. The number of nitrogens with zero attached hydrogens (tertiary/aromatic N) is 2. The van der Waals surface area contributed by atoms with Gasteiger partial charge in [0.15, 0.2) is 0 Å². The monoisotopic (exact) mass is 405 g/mol. The van der Waals surface area contributed by atoms with E-state index in [-0.39, 0.29) is 16.2 Å². The average Bonchev–Trinajstić information content (AvgIpc) is 2.98. The van der Waals surface area contributed by atoms with Gasteiger partial charge < -0.3 is 15.2 Å². The maximum absolute atomic E-state index is 13.4. The molecular formula is C19H17ClFN3O4. The summed E-state index contributed by atoms with van der Waals surface area (Å²) in [6.07, 6.45) is 2.00. The van der Waals surface area contributed by atoms with Gasteiger partial charge in [0.05, 0.1) is 28.6 Å². The molecule has 2 aromatic heterocycles. The predicted molar refractivity (Wildman–Crippen MR) is 103 cm³/mol. The van der Waals surface area contributed by atoms with Gasteiger partial charge in [-0.2, -0.15) is 0 Å². The van der Waals surface area contributed by atoms with Crippen molar-refractivity contribution in [3.05, 3.63) is 53.2 Å². The molecule has 0 unspecified atom stereocenters. The summed E-state index contributed by atoms with van der Waals surface area (Å²) in [4.78, 5) is 28.3. The lowest BCUT2D eigenvalue weighted by atomic mass is 10.2. The number of aromatic carboxylic acids is 1. The van der Waals surface area contributed by atoms with E-state index >= 15 is 0 Å². The number of pyridine rings is 1. The van der Waals surface area contributed by atoms with Crippen molar-refractivity contribution in [2.75, 3.05) is 5.32 Å². The van der Waals surface area contributed by atoms with E-state index in [4.69, 9.17) is 16.3 Å². The molecule has 146 valence electrons. The van der Waals surface area contributed by atoms with Crippen molar-refractivity contribution in [2.24, 2.45) is 0 Å². The third kappa shape index (κ3) is 3.91. The lowest BCUT2D eigenvalue weighted by Crippen LogP contribution is -2.28. The Morgan fingerprint density at radius 1 is 1.25 bits per heavy atom. The van der Waals surface area contributed by atoms with E-state index in [0.29, 0.717) is 16.8 Å². The number of benzene rings is 1. The van der Waals surface area contributed by atoms with Crippen molar-refractivity contribution in [2.45, 2.75) is 26.4 Å². The van der Waals surface area contributed by atoms with E-state index in [1.165, 1.54) is 36.7 Å². The van der Waals surface area contributed by atoms with Gasteiger partial charge in [0, 0.05) is 11.1 Å². The number of hydrogen-bond donors (Lipinski definition) is 2. The van der Waals surface area contributed by atoms with E-state index in [0.717, 1.165) is 4.57 Å². The van der Waals surface area contributed by atoms with Crippen LogP contribution in [0, 0.1) is 5.82 Å². The molecule has 9 heteroatoms. The molecule has 0 atom stereocenters. The summed E-state index contributed by atoms with van der Waals surface area (Å²) in [5.41, 5.74) is 0.0762. The van der Waals surface area contributed by atoms with Gasteiger partial charge in [-0.15, -0.1) is 0 Å². The topological polar surface area (TPSA) is 93.5 Å². The van der Waals surface area contributed by atoms with Crippen molar-refractivity contribution >= 4 is 45.9 Å². The highest BCUT2D eigenvalue weighted by Crippen LogP contribution is 2.30. The second kappa shape index (κ2) is 7.12. The number of aromatic nitrogens is 2. The van der Waals surface area contributed by atoms with Gasteiger partial charge in [-0.1, -0.05) is 11.6 Å². The summed E-state index contributed by atoms with van der Waals surface area (Å²) in [7, 11) is 0. The fraction of sp³-hybridized carbons (Fsp3) is 0.211. The number of carbonyl (C=O) groups is 2. The summed E-state index contributed by atoms with van der Waals surface area (Å²) in [5, 5.41) is 12.9. The molecule has 0 aliphatic rings. The largest absolute Gasteiger partial charge is 0.477 e. The van der Waals surface area contributed by atoms with Crippen LogP contribution in [0.4, 0.5) is 20.6 Å². The first-order chi connectivity index (χ1) is 13.1. The molecule has 2 heterocycles. The van der Waals surface area contributed by atoms with Gasteiger partial charge in [0.1, 0.15) is 17.1 Å². The Morgan fingerprint density at radius 3 is 2.57 bits per heavy atom. The Labute approximate surface area is 164 Å². The number of fused-ring (bicyclic) bond motifs is 1. The molecule has 0 amide bonds. The Kier molecular flexibility index (Phi) is 4.99. The fourth-order valence-corrected chi connectivity index (χ4v) is 2.79. The summed E-state index contributed by atoms with van der Waals surface area (Å²) >= 11 is 5.80. The molecule has 7 nitrogen and oxygen atoms in total. The number of nitrogens with one attached hydrogen (secondary N) is 1. The van der Waals surface area contributed by atoms with Crippen LogP contribution < -0.4 is 5.32 Å². The second-order valence-corrected chi connectivity index (χ2v) is 7.43. The first-order valence-corrected chi connectivity index (χ1v) is 8.63. The first kappa shape index (κ1) is 19.6. The van der Waals surface area contributed by atoms with Crippen molar-refractivity contribution in [3.63, 3.8) is 0 Å². The summed E-state index contributed by atoms with van der Waals surface area (Å²) in [5.74, 6) is -1.86. The summed E-state index contributed by atoms with van der Waals surface area (Å²) in [6, 6.07) is 5.41. The molecule has 0 fully saturated rings. The third-order valence-electron chi connectivity index (χ3n) is 3.72. The number of carbonyl (C=O) groups excluding carboxylic acids is 1. The zero-order chi connectivity index (χ0) is 20.6. The molecule has 0 aliphatic heterocycles. The van der Waals surface area contributed by atoms with Crippen molar-refractivity contribution in [3.8, 4) is 0 Å². The Hall–Kier alpha value is -3.13. The van der Waals surface area contributed by atoms with Gasteiger partial charge in [-0.25, -0.2) is 18.5 Å². The van der Waals surface area contributed by atoms with Gasteiger partial charge in [-0.05, 0) is 45.0 Å². The molecule has 0 radical (unpaired) electrons. The van der Waals surface area contributed by atoms with Crippen LogP contribution in [0.3, 0.4) is 0 Å². The molecule has 3 aromatic rings. The minimum atomic E-state index is -1.29. The van der Waals surface area contributed by atoms with Crippen LogP contribution in [0.25, 0.3) is 10.9 Å². The van der Waals surface area contributed by atoms with Crippen molar-refractivity contribution in [1.82, 2.24) is 9.55 Å². The molecule has 0 saturated heterocycles. The standard InChI is InChI=1S/C19H17ClFN3O4/c1-19(2,3)28-18(27)24-15(17(25)26)7-11-14(8-22-9-16(11)24)23-10-4-5-13(21)12(20)6-10/h4-9,23H,1-3H3,(H,25,26). The maximum Gasteiger partial charge on any atom is 0.419 e. The molecule has 0 bridgehead atoms. The Balaban J connectivity index is 2.12. The lowest BCUT2D eigenvalue weighted by Gasteiger charge is -2.20. The van der Waals surface area contributed by atoms with Gasteiger partial charge >= 0.3 is 12.1 Å². The van der Waals surface area contributed by atoms with Crippen LogP contribution in [0.1, 0.15) is 31.3 Å². The first-order valence-electron chi connectivity index (χ1n) is 8.25. The van der Waals surface area contributed by atoms with Crippen molar-refractivity contribution in [1.29, 1.82) is 0 Å². The van der Waals surface area contributed by atoms with E-state index in [1.807, 2.05) is 0 Å². The molecule has 3 rings (SSSR count). The smallest absolute Gasteiger partial charge is 0.419 e. The minimum absolute atomic E-state index is 0.0670. The highest BCUT2D eigenvalue weighted by Gasteiger charge is 2.26. The van der Waals surface area contributed by atoms with E-state index in [1.54, 1.807) is 20.8 Å². The SMILES string of the molecule is CC(C)(C)OC(=O)n1c(C(=O)O)cc2c(Nc3ccc(F)c(Cl)c3)cncc21. The summed E-state index contributed by atoms with van der Waals surface area (Å²) in [6.45, 7) is 5.04. The average molecular weight is 406 g/mol. The molecule has 0 spiro atoms. The third-order valence-corrected chi connectivity index (χ3v) is 4.01. The minimum Gasteiger partial charge on any atom is -0.477 e. The van der Waals surface area contributed by atoms with E-state index < -0.39 is 23.5 Å². The lowest BCUT2D eigenvalue weighted by molar-refractivity contribution is 0.0513. The van der Waals surface area contributed by atoms with Gasteiger partial charge in [-0.3, -0.25) is 4.98 Å². The number of carboxylic acid groups (broad SMARTS) is 1. The Morgan fingerprint density at radius 2 is 1.96 bits per heavy atom. The van der Waals surface area contributed by atoms with Crippen LogP contribution in [0.15, 0.2) is 36.7 Å². The Bertz CT molecular complexity index is 1090. The van der Waals surface area contributed by atoms with Crippen LogP contribution in [0.5, 0.6) is 0 Å².